The van der Waals surface area contributed by atoms with Gasteiger partial charge in [-0.15, -0.1) is 0 Å². The van der Waals surface area contributed by atoms with Crippen molar-refractivity contribution in [2.75, 3.05) is 45.4 Å². The maximum atomic E-state index is 13.2. The summed E-state index contributed by atoms with van der Waals surface area (Å²) < 4.78 is 16.2. The molecule has 0 spiro atoms. The molecule has 2 aliphatic rings. The van der Waals surface area contributed by atoms with Crippen LogP contribution in [-0.4, -0.2) is 57.2 Å². The van der Waals surface area contributed by atoms with E-state index in [1.165, 1.54) is 0 Å². The van der Waals surface area contributed by atoms with E-state index in [0.717, 1.165) is 11.4 Å². The van der Waals surface area contributed by atoms with Crippen molar-refractivity contribution in [3.8, 4) is 17.2 Å². The average Bonchev–Trinajstić information content (AvgIpc) is 2.82. The third-order valence-corrected chi connectivity index (χ3v) is 5.72. The summed E-state index contributed by atoms with van der Waals surface area (Å²) in [6.45, 7) is 2.14. The largest absolute Gasteiger partial charge is 0.497 e. The van der Waals surface area contributed by atoms with Crippen molar-refractivity contribution >= 4 is 17.5 Å². The van der Waals surface area contributed by atoms with Gasteiger partial charge >= 0.3 is 0 Å². The number of hydrogen-bond acceptors (Lipinski definition) is 5. The molecule has 0 N–H and O–H groups in total. The molecule has 0 radical (unpaired) electrons. The van der Waals surface area contributed by atoms with E-state index in [2.05, 4.69) is 0 Å². The number of piperidine rings is 1. The van der Waals surface area contributed by atoms with Crippen LogP contribution < -0.4 is 19.1 Å². The molecule has 158 valence electrons. The lowest BCUT2D eigenvalue weighted by molar-refractivity contribution is -0.123. The standard InChI is InChI=1S/C23H26N2O5/c1-28-18-13-17(14-19(15-18)29-2)22(26)24-9-7-16(8-10-24)23(27)25-11-12-30-21-6-4-3-5-20(21)25/h3-6,13-16H,7-12H2,1-2H3. The molecule has 0 aliphatic carbocycles. The molecule has 0 aromatic heterocycles. The zero-order valence-corrected chi connectivity index (χ0v) is 17.3. The molecule has 30 heavy (non-hydrogen) atoms. The highest BCUT2D eigenvalue weighted by Crippen LogP contribution is 2.33. The minimum absolute atomic E-state index is 0.0742. The number of methoxy groups -OCH3 is 2. The molecule has 2 amide bonds. The number of nitrogens with zero attached hydrogens (tertiary/aromatic N) is 2. The predicted octanol–water partition coefficient (Wildman–Crippen LogP) is 2.98. The average molecular weight is 410 g/mol. The topological polar surface area (TPSA) is 68.3 Å². The second-order valence-electron chi connectivity index (χ2n) is 7.47. The molecule has 2 heterocycles. The Bertz CT molecular complexity index is 915. The van der Waals surface area contributed by atoms with Crippen LogP contribution in [-0.2, 0) is 4.79 Å². The highest BCUT2D eigenvalue weighted by molar-refractivity contribution is 5.98. The smallest absolute Gasteiger partial charge is 0.254 e. The van der Waals surface area contributed by atoms with Crippen molar-refractivity contribution in [3.63, 3.8) is 0 Å². The van der Waals surface area contributed by atoms with Crippen molar-refractivity contribution in [3.05, 3.63) is 48.0 Å². The Morgan fingerprint density at radius 1 is 0.967 bits per heavy atom. The number of amides is 2. The second kappa shape index (κ2) is 8.65. The maximum absolute atomic E-state index is 13.2. The summed E-state index contributed by atoms with van der Waals surface area (Å²) in [5, 5.41) is 0. The molecule has 0 unspecified atom stereocenters. The molecule has 2 aliphatic heterocycles. The van der Waals surface area contributed by atoms with Gasteiger partial charge in [0.2, 0.25) is 5.91 Å². The van der Waals surface area contributed by atoms with E-state index >= 15 is 0 Å². The number of carbonyl (C=O) groups is 2. The Kier molecular flexibility index (Phi) is 5.79. The number of para-hydroxylation sites is 2. The van der Waals surface area contributed by atoms with Crippen molar-refractivity contribution in [1.29, 1.82) is 0 Å². The van der Waals surface area contributed by atoms with Gasteiger partial charge in [0.1, 0.15) is 23.9 Å². The molecule has 2 aromatic carbocycles. The Labute approximate surface area is 176 Å². The normalized spacial score (nSPS) is 16.5. The molecular weight excluding hydrogens is 384 g/mol. The van der Waals surface area contributed by atoms with Crippen LogP contribution >= 0.6 is 0 Å². The minimum atomic E-state index is -0.0972. The second-order valence-corrected chi connectivity index (χ2v) is 7.47. The fourth-order valence-electron chi connectivity index (χ4n) is 4.06. The molecule has 0 bridgehead atoms. The molecule has 0 atom stereocenters. The first kappa shape index (κ1) is 20.1. The van der Waals surface area contributed by atoms with Gasteiger partial charge in [-0.05, 0) is 37.1 Å². The molecule has 7 nitrogen and oxygen atoms in total. The zero-order chi connectivity index (χ0) is 21.1. The van der Waals surface area contributed by atoms with Gasteiger partial charge in [-0.3, -0.25) is 9.59 Å². The van der Waals surface area contributed by atoms with Crippen LogP contribution in [0.5, 0.6) is 17.2 Å². The zero-order valence-electron chi connectivity index (χ0n) is 17.3. The van der Waals surface area contributed by atoms with E-state index in [9.17, 15) is 9.59 Å². The summed E-state index contributed by atoms with van der Waals surface area (Å²) in [4.78, 5) is 29.8. The van der Waals surface area contributed by atoms with Crippen LogP contribution in [0.3, 0.4) is 0 Å². The fraction of sp³-hybridized carbons (Fsp3) is 0.391. The highest BCUT2D eigenvalue weighted by atomic mass is 16.5. The van der Waals surface area contributed by atoms with Gasteiger partial charge in [-0.2, -0.15) is 0 Å². The van der Waals surface area contributed by atoms with E-state index in [4.69, 9.17) is 14.2 Å². The predicted molar refractivity (Wildman–Crippen MR) is 112 cm³/mol. The number of anilines is 1. The first-order valence-corrected chi connectivity index (χ1v) is 10.2. The molecular formula is C23H26N2O5. The van der Waals surface area contributed by atoms with Gasteiger partial charge in [0, 0.05) is 30.6 Å². The van der Waals surface area contributed by atoms with Crippen molar-refractivity contribution in [2.24, 2.45) is 5.92 Å². The first-order chi connectivity index (χ1) is 14.6. The molecule has 0 saturated carbocycles. The summed E-state index contributed by atoms with van der Waals surface area (Å²) in [5.41, 5.74) is 1.36. The van der Waals surface area contributed by atoms with Gasteiger partial charge in [-0.1, -0.05) is 12.1 Å². The third-order valence-electron chi connectivity index (χ3n) is 5.72. The summed E-state index contributed by atoms with van der Waals surface area (Å²) in [7, 11) is 3.12. The monoisotopic (exact) mass is 410 g/mol. The lowest BCUT2D eigenvalue weighted by atomic mass is 9.94. The maximum Gasteiger partial charge on any atom is 0.254 e. The van der Waals surface area contributed by atoms with Crippen molar-refractivity contribution < 1.29 is 23.8 Å². The number of hydrogen-bond donors (Lipinski definition) is 0. The van der Waals surface area contributed by atoms with E-state index in [1.807, 2.05) is 29.2 Å². The minimum Gasteiger partial charge on any atom is -0.497 e. The summed E-state index contributed by atoms with van der Waals surface area (Å²) in [5.74, 6) is 1.84. The van der Waals surface area contributed by atoms with Gasteiger partial charge in [-0.25, -0.2) is 0 Å². The Hall–Kier alpha value is -3.22. The number of rotatable bonds is 4. The van der Waals surface area contributed by atoms with Crippen LogP contribution in [0, 0.1) is 5.92 Å². The van der Waals surface area contributed by atoms with Gasteiger partial charge < -0.3 is 24.0 Å². The summed E-state index contributed by atoms with van der Waals surface area (Å²) in [6.07, 6.45) is 1.29. The summed E-state index contributed by atoms with van der Waals surface area (Å²) >= 11 is 0. The number of ether oxygens (including phenoxy) is 3. The fourth-order valence-corrected chi connectivity index (χ4v) is 4.06. The SMILES string of the molecule is COc1cc(OC)cc(C(=O)N2CCC(C(=O)N3CCOc4ccccc43)CC2)c1. The van der Waals surface area contributed by atoms with E-state index in [1.54, 1.807) is 37.3 Å². The number of benzene rings is 2. The lowest BCUT2D eigenvalue weighted by Crippen LogP contribution is -2.46. The molecule has 4 rings (SSSR count). The molecule has 1 saturated heterocycles. The van der Waals surface area contributed by atoms with Gasteiger partial charge in [0.05, 0.1) is 26.5 Å². The van der Waals surface area contributed by atoms with Gasteiger partial charge in [0.25, 0.3) is 5.91 Å². The van der Waals surface area contributed by atoms with E-state index in [-0.39, 0.29) is 17.7 Å². The Morgan fingerprint density at radius 2 is 1.63 bits per heavy atom. The number of likely N-dealkylation sites (tertiary alicyclic amines) is 1. The number of carbonyl (C=O) groups excluding carboxylic acids is 2. The van der Waals surface area contributed by atoms with Crippen LogP contribution in [0.25, 0.3) is 0 Å². The van der Waals surface area contributed by atoms with Gasteiger partial charge in [0.15, 0.2) is 0 Å². The van der Waals surface area contributed by atoms with Crippen molar-refractivity contribution in [2.45, 2.75) is 12.8 Å². The molecule has 7 heteroatoms. The van der Waals surface area contributed by atoms with Crippen LogP contribution in [0.2, 0.25) is 0 Å². The molecule has 2 aromatic rings. The lowest BCUT2D eigenvalue weighted by Gasteiger charge is -2.36. The summed E-state index contributed by atoms with van der Waals surface area (Å²) in [6, 6.07) is 12.8. The third kappa shape index (κ3) is 3.92. The van der Waals surface area contributed by atoms with E-state index < -0.39 is 0 Å². The molecule has 1 fully saturated rings. The Balaban J connectivity index is 1.42. The Morgan fingerprint density at radius 3 is 2.30 bits per heavy atom. The quantitative estimate of drug-likeness (QED) is 0.775. The van der Waals surface area contributed by atoms with Crippen LogP contribution in [0.15, 0.2) is 42.5 Å². The van der Waals surface area contributed by atoms with Crippen LogP contribution in [0.1, 0.15) is 23.2 Å². The number of fused-ring (bicyclic) bond motifs is 1. The van der Waals surface area contributed by atoms with E-state index in [0.29, 0.717) is 56.1 Å². The van der Waals surface area contributed by atoms with Crippen LogP contribution in [0.4, 0.5) is 5.69 Å². The van der Waals surface area contributed by atoms with Crippen molar-refractivity contribution in [1.82, 2.24) is 4.90 Å². The first-order valence-electron chi connectivity index (χ1n) is 10.2. The highest BCUT2D eigenvalue weighted by Gasteiger charge is 2.33.